The average molecular weight is 439 g/mol. The number of carbonyl (C=O) groups is 1. The third kappa shape index (κ3) is 6.41. The zero-order chi connectivity index (χ0) is 20.5. The minimum Gasteiger partial charge on any atom is -0.342 e. The van der Waals surface area contributed by atoms with Crippen LogP contribution in [0.2, 0.25) is 10.0 Å². The second-order valence-corrected chi connectivity index (χ2v) is 8.09. The van der Waals surface area contributed by atoms with Crippen molar-refractivity contribution in [3.8, 4) is 0 Å². The van der Waals surface area contributed by atoms with Crippen LogP contribution in [0.15, 0.2) is 48.5 Å². The number of likely N-dealkylation sites (tertiary alicyclic amines) is 1. The highest BCUT2D eigenvalue weighted by atomic mass is 35.5. The number of rotatable bonds is 5. The molecule has 1 heterocycles. The monoisotopic (exact) mass is 438 g/mol. The first-order valence-corrected chi connectivity index (χ1v) is 10.9. The zero-order valence-electron chi connectivity index (χ0n) is 16.2. The highest BCUT2D eigenvalue weighted by Crippen LogP contribution is 2.29. The Labute approximate surface area is 183 Å². The van der Waals surface area contributed by atoms with E-state index in [9.17, 15) is 4.79 Å². The molecule has 1 unspecified atom stereocenters. The summed E-state index contributed by atoms with van der Waals surface area (Å²) in [6.45, 7) is 3.96. The number of nitrogens with zero attached hydrogens (tertiary/aromatic N) is 1. The molecule has 0 aliphatic carbocycles. The lowest BCUT2D eigenvalue weighted by Crippen LogP contribution is -2.40. The number of carbonyl (C=O) groups excluding carboxylic acids is 1. The summed E-state index contributed by atoms with van der Waals surface area (Å²) >= 11 is 15.5. The number of aryl methyl sites for hydroxylation is 1. The number of piperidine rings is 1. The summed E-state index contributed by atoms with van der Waals surface area (Å²) in [6, 6.07) is 15.6. The molecule has 0 radical (unpaired) electrons. The highest BCUT2D eigenvalue weighted by Gasteiger charge is 2.28. The van der Waals surface area contributed by atoms with Crippen LogP contribution in [0, 0.1) is 5.92 Å². The molecule has 0 bridgehead atoms. The molecule has 1 aliphatic heterocycles. The Hall–Kier alpha value is -1.20. The van der Waals surface area contributed by atoms with Crippen molar-refractivity contribution in [2.45, 2.75) is 38.5 Å². The van der Waals surface area contributed by atoms with Crippen LogP contribution in [-0.2, 0) is 11.2 Å². The summed E-state index contributed by atoms with van der Waals surface area (Å²) in [5, 5.41) is 5.63. The van der Waals surface area contributed by atoms with E-state index in [1.807, 2.05) is 53.4 Å². The SMILES string of the molecule is CC1CCN(C(=O)C(CCc2ccccc2Cl)c2cccc(Cl)c2)CC1.NS. The van der Waals surface area contributed by atoms with Gasteiger partial charge in [0.2, 0.25) is 5.91 Å². The smallest absolute Gasteiger partial charge is 0.230 e. The van der Waals surface area contributed by atoms with E-state index in [1.165, 1.54) is 0 Å². The summed E-state index contributed by atoms with van der Waals surface area (Å²) in [7, 11) is 0. The second-order valence-electron chi connectivity index (χ2n) is 7.25. The molecule has 6 heteroatoms. The van der Waals surface area contributed by atoms with Gasteiger partial charge in [0.1, 0.15) is 0 Å². The molecule has 2 aromatic rings. The van der Waals surface area contributed by atoms with Crippen molar-refractivity contribution in [1.82, 2.24) is 4.90 Å². The van der Waals surface area contributed by atoms with Crippen molar-refractivity contribution >= 4 is 41.9 Å². The number of hydrogen-bond donors (Lipinski definition) is 2. The van der Waals surface area contributed by atoms with E-state index < -0.39 is 0 Å². The van der Waals surface area contributed by atoms with Gasteiger partial charge in [-0.3, -0.25) is 9.93 Å². The summed E-state index contributed by atoms with van der Waals surface area (Å²) in [5.74, 6) is 0.733. The van der Waals surface area contributed by atoms with E-state index in [4.69, 9.17) is 23.2 Å². The van der Waals surface area contributed by atoms with Crippen LogP contribution in [0.1, 0.15) is 43.2 Å². The van der Waals surface area contributed by atoms with Crippen molar-refractivity contribution in [1.29, 1.82) is 0 Å². The molecule has 1 aliphatic rings. The van der Waals surface area contributed by atoms with Gasteiger partial charge in [0.05, 0.1) is 5.92 Å². The molecule has 2 N–H and O–H groups in total. The van der Waals surface area contributed by atoms with Crippen LogP contribution in [0.4, 0.5) is 0 Å². The fourth-order valence-electron chi connectivity index (χ4n) is 3.61. The lowest BCUT2D eigenvalue weighted by molar-refractivity contribution is -0.134. The largest absolute Gasteiger partial charge is 0.342 e. The zero-order valence-corrected chi connectivity index (χ0v) is 18.6. The van der Waals surface area contributed by atoms with Gasteiger partial charge in [-0.05, 0) is 60.9 Å². The van der Waals surface area contributed by atoms with E-state index in [0.29, 0.717) is 10.9 Å². The van der Waals surface area contributed by atoms with Gasteiger partial charge < -0.3 is 4.90 Å². The van der Waals surface area contributed by atoms with Gasteiger partial charge in [0.25, 0.3) is 0 Å². The Kier molecular flexibility index (Phi) is 9.66. The summed E-state index contributed by atoms with van der Waals surface area (Å²) in [4.78, 5) is 15.3. The maximum absolute atomic E-state index is 13.3. The average Bonchev–Trinajstić information content (AvgIpc) is 2.71. The van der Waals surface area contributed by atoms with Crippen molar-refractivity contribution in [3.05, 3.63) is 69.7 Å². The third-order valence-corrected chi connectivity index (χ3v) is 5.91. The lowest BCUT2D eigenvalue weighted by Gasteiger charge is -2.33. The van der Waals surface area contributed by atoms with Crippen LogP contribution >= 0.6 is 36.0 Å². The summed E-state index contributed by atoms with van der Waals surface area (Å²) in [6.07, 6.45) is 3.67. The Bertz CT molecular complexity index is 764. The quantitative estimate of drug-likeness (QED) is 0.582. The van der Waals surface area contributed by atoms with Gasteiger partial charge in [-0.15, -0.1) is 12.8 Å². The minimum atomic E-state index is -0.182. The topological polar surface area (TPSA) is 46.3 Å². The molecular formula is C22H28Cl2N2OS. The van der Waals surface area contributed by atoms with Gasteiger partial charge in [0, 0.05) is 23.1 Å². The summed E-state index contributed by atoms with van der Waals surface area (Å²) < 4.78 is 0. The van der Waals surface area contributed by atoms with Crippen LogP contribution in [0.5, 0.6) is 0 Å². The van der Waals surface area contributed by atoms with Gasteiger partial charge >= 0.3 is 0 Å². The van der Waals surface area contributed by atoms with Gasteiger partial charge in [0.15, 0.2) is 0 Å². The predicted molar refractivity (Wildman–Crippen MR) is 122 cm³/mol. The normalized spacial score (nSPS) is 15.5. The Morgan fingerprint density at radius 1 is 1.14 bits per heavy atom. The van der Waals surface area contributed by atoms with E-state index in [-0.39, 0.29) is 11.8 Å². The first-order chi connectivity index (χ1) is 13.5. The second kappa shape index (κ2) is 11.7. The molecule has 152 valence electrons. The molecule has 1 atom stereocenters. The number of amides is 1. The molecular weight excluding hydrogens is 411 g/mol. The minimum absolute atomic E-state index is 0.182. The maximum atomic E-state index is 13.3. The number of halogens is 2. The standard InChI is InChI=1S/C22H25Cl2NO.H3NS/c1-16-11-13-25(14-12-16)22(26)20(18-6-4-7-19(23)15-18)10-9-17-5-2-3-8-21(17)24;1-2/h2-8,15-16,20H,9-14H2,1H3;2H,1H2. The van der Waals surface area contributed by atoms with Crippen molar-refractivity contribution in [2.75, 3.05) is 13.1 Å². The van der Waals surface area contributed by atoms with E-state index in [0.717, 1.165) is 54.9 Å². The Balaban J connectivity index is 0.00000136. The fourth-order valence-corrected chi connectivity index (χ4v) is 4.04. The van der Waals surface area contributed by atoms with E-state index >= 15 is 0 Å². The first kappa shape index (κ1) is 23.1. The van der Waals surface area contributed by atoms with Crippen molar-refractivity contribution in [2.24, 2.45) is 11.1 Å². The molecule has 1 fully saturated rings. The van der Waals surface area contributed by atoms with E-state index in [2.05, 4.69) is 24.9 Å². The molecule has 0 spiro atoms. The van der Waals surface area contributed by atoms with Gasteiger partial charge in [-0.25, -0.2) is 0 Å². The molecule has 1 amide bonds. The van der Waals surface area contributed by atoms with Crippen LogP contribution < -0.4 is 5.14 Å². The van der Waals surface area contributed by atoms with Gasteiger partial charge in [-0.2, -0.15) is 0 Å². The van der Waals surface area contributed by atoms with Crippen molar-refractivity contribution in [3.63, 3.8) is 0 Å². The maximum Gasteiger partial charge on any atom is 0.230 e. The number of hydrogen-bond acceptors (Lipinski definition) is 3. The van der Waals surface area contributed by atoms with E-state index in [1.54, 1.807) is 0 Å². The Morgan fingerprint density at radius 2 is 1.82 bits per heavy atom. The third-order valence-electron chi connectivity index (χ3n) is 5.30. The first-order valence-electron chi connectivity index (χ1n) is 9.58. The summed E-state index contributed by atoms with van der Waals surface area (Å²) in [5.41, 5.74) is 2.08. The van der Waals surface area contributed by atoms with Crippen LogP contribution in [0.25, 0.3) is 0 Å². The van der Waals surface area contributed by atoms with Gasteiger partial charge in [-0.1, -0.05) is 60.5 Å². The molecule has 0 aromatic heterocycles. The number of nitrogens with two attached hydrogens (primary N) is 1. The van der Waals surface area contributed by atoms with Crippen LogP contribution in [0.3, 0.4) is 0 Å². The molecule has 28 heavy (non-hydrogen) atoms. The van der Waals surface area contributed by atoms with Crippen molar-refractivity contribution < 1.29 is 4.79 Å². The number of benzene rings is 2. The number of thiol groups is 1. The Morgan fingerprint density at radius 3 is 2.46 bits per heavy atom. The predicted octanol–water partition coefficient (Wildman–Crippen LogP) is 5.76. The molecule has 0 saturated carbocycles. The molecule has 3 nitrogen and oxygen atoms in total. The highest BCUT2D eigenvalue weighted by molar-refractivity contribution is 7.77. The fraction of sp³-hybridized carbons (Fsp3) is 0.409. The molecule has 1 saturated heterocycles. The molecule has 2 aromatic carbocycles. The van der Waals surface area contributed by atoms with Crippen LogP contribution in [-0.4, -0.2) is 23.9 Å². The molecule has 3 rings (SSSR count). The lowest BCUT2D eigenvalue weighted by atomic mass is 9.89.